The first-order valence-electron chi connectivity index (χ1n) is 35.7. The summed E-state index contributed by atoms with van der Waals surface area (Å²) in [7, 11) is 0. The fourth-order valence-corrected chi connectivity index (χ4v) is 12.4. The van der Waals surface area contributed by atoms with Gasteiger partial charge < -0.3 is 62.4 Å². The molecule has 6 aliphatic rings. The van der Waals surface area contributed by atoms with Gasteiger partial charge in [-0.25, -0.2) is 42.5 Å². The summed E-state index contributed by atoms with van der Waals surface area (Å²) in [5.41, 5.74) is 6.41. The second kappa shape index (κ2) is 36.8. The number of pyridine rings is 3. The normalized spacial score (nSPS) is 19.6. The Bertz CT molecular complexity index is 4020. The van der Waals surface area contributed by atoms with Gasteiger partial charge in [0.05, 0.1) is 30.7 Å². The van der Waals surface area contributed by atoms with Crippen molar-refractivity contribution in [2.24, 2.45) is 16.0 Å². The predicted molar refractivity (Wildman–Crippen MR) is 399 cm³/mol. The Labute approximate surface area is 640 Å². The predicted octanol–water partition coefficient (Wildman–Crippen LogP) is 12.8. The fraction of sp³-hybridized carbons (Fsp3) is 0.526. The first-order valence-corrected chi connectivity index (χ1v) is 35.7. The molecule has 5 amide bonds. The van der Waals surface area contributed by atoms with Crippen LogP contribution in [0.2, 0.25) is 0 Å². The third-order valence-corrected chi connectivity index (χ3v) is 17.6. The summed E-state index contributed by atoms with van der Waals surface area (Å²) in [4.78, 5) is 120. The smallest absolute Gasteiger partial charge is 0.410 e. The minimum absolute atomic E-state index is 0. The quantitative estimate of drug-likeness (QED) is 0.0864. The zero-order valence-corrected chi connectivity index (χ0v) is 67.6. The Balaban J connectivity index is 0.000000234. The number of halogens is 3. The zero-order chi connectivity index (χ0) is 77.1. The second-order valence-electron chi connectivity index (χ2n) is 31.1. The van der Waals surface area contributed by atoms with Crippen LogP contribution in [0.4, 0.5) is 45.0 Å². The number of aromatic nitrogens is 3. The average Bonchev–Trinajstić information content (AvgIpc) is 1.78. The number of oxime groups is 2. The number of aryl methyl sites for hydroxylation is 3. The number of ketones is 2. The number of carbonyl (C=O) groups is 7. The molecule has 29 heteroatoms. The van der Waals surface area contributed by atoms with Crippen LogP contribution in [0.5, 0.6) is 0 Å². The van der Waals surface area contributed by atoms with Crippen molar-refractivity contribution in [1.29, 1.82) is 0 Å². The third-order valence-electron chi connectivity index (χ3n) is 17.6. The molecule has 4 saturated heterocycles. The molecule has 6 aliphatic heterocycles. The van der Waals surface area contributed by atoms with Gasteiger partial charge in [-0.05, 0) is 228 Å². The molecular formula is C78H105F3N13O12W-. The minimum atomic E-state index is -1.03. The van der Waals surface area contributed by atoms with Gasteiger partial charge in [0.15, 0.2) is 22.6 Å². The Morgan fingerprint density at radius 2 is 0.935 bits per heavy atom. The van der Waals surface area contributed by atoms with E-state index in [0.717, 1.165) is 69.6 Å². The second-order valence-corrected chi connectivity index (χ2v) is 31.1. The molecule has 11 rings (SSSR count). The van der Waals surface area contributed by atoms with Gasteiger partial charge in [0.2, 0.25) is 11.6 Å². The zero-order valence-electron chi connectivity index (χ0n) is 64.7. The van der Waals surface area contributed by atoms with Gasteiger partial charge in [-0.1, -0.05) is 34.6 Å². The van der Waals surface area contributed by atoms with Gasteiger partial charge in [0.1, 0.15) is 51.7 Å². The first kappa shape index (κ1) is 87.0. The monoisotopic (exact) mass is 1660 g/mol. The number of benzene rings is 2. The van der Waals surface area contributed by atoms with E-state index >= 15 is 0 Å². The molecule has 582 valence electrons. The summed E-state index contributed by atoms with van der Waals surface area (Å²) in [6.45, 7) is 33.4. The van der Waals surface area contributed by atoms with Crippen LogP contribution in [-0.2, 0) is 54.5 Å². The van der Waals surface area contributed by atoms with Crippen LogP contribution in [0.3, 0.4) is 0 Å². The number of nitrogens with one attached hydrogen (secondary N) is 2. The Kier molecular flexibility index (Phi) is 29.9. The van der Waals surface area contributed by atoms with Crippen LogP contribution in [0.25, 0.3) is 0 Å². The van der Waals surface area contributed by atoms with Crippen LogP contribution in [0, 0.1) is 45.6 Å². The van der Waals surface area contributed by atoms with Crippen molar-refractivity contribution >= 4 is 70.5 Å². The number of nitrogens with two attached hydrogens (primary N) is 1. The number of anilines is 3. The number of ether oxygens (including phenoxy) is 3. The summed E-state index contributed by atoms with van der Waals surface area (Å²) in [6.07, 6.45) is 9.28. The summed E-state index contributed by atoms with van der Waals surface area (Å²) in [5.74, 6) is -0.872. The van der Waals surface area contributed by atoms with E-state index in [4.69, 9.17) is 29.6 Å². The van der Waals surface area contributed by atoms with Crippen molar-refractivity contribution in [3.8, 4) is 0 Å². The molecule has 0 aliphatic carbocycles. The van der Waals surface area contributed by atoms with E-state index in [1.165, 1.54) is 29.3 Å². The Morgan fingerprint density at radius 3 is 1.32 bits per heavy atom. The van der Waals surface area contributed by atoms with Crippen LogP contribution in [-0.4, -0.2) is 187 Å². The summed E-state index contributed by atoms with van der Waals surface area (Å²) in [5, 5.41) is 14.4. The van der Waals surface area contributed by atoms with Crippen molar-refractivity contribution < 1.29 is 91.7 Å². The summed E-state index contributed by atoms with van der Waals surface area (Å²) >= 11 is 0. The van der Waals surface area contributed by atoms with Gasteiger partial charge in [-0.15, -0.1) is 0 Å². The van der Waals surface area contributed by atoms with E-state index in [1.807, 2.05) is 48.5 Å². The van der Waals surface area contributed by atoms with E-state index in [9.17, 15) is 46.7 Å². The van der Waals surface area contributed by atoms with Gasteiger partial charge in [-0.2, -0.15) is 0 Å². The van der Waals surface area contributed by atoms with E-state index < -0.39 is 51.8 Å². The molecule has 4 atom stereocenters. The summed E-state index contributed by atoms with van der Waals surface area (Å²) in [6, 6.07) is 17.1. The number of hydrogen-bond acceptors (Lipinski definition) is 20. The largest absolute Gasteiger partial charge is 0.444 e. The molecule has 2 aromatic carbocycles. The molecule has 25 nitrogen and oxygen atoms in total. The molecule has 0 radical (unpaired) electrons. The number of Topliss-reactive ketones (excluding diaryl/α,β-unsaturated/α-hetero) is 2. The molecule has 9 heterocycles. The maximum Gasteiger partial charge on any atom is 0.410 e. The van der Waals surface area contributed by atoms with Crippen molar-refractivity contribution in [2.75, 3.05) is 67.5 Å². The van der Waals surface area contributed by atoms with Crippen LogP contribution in [0.15, 0.2) is 95.6 Å². The fourth-order valence-electron chi connectivity index (χ4n) is 12.4. The van der Waals surface area contributed by atoms with Crippen LogP contribution in [0.1, 0.15) is 190 Å². The molecule has 0 bridgehead atoms. The van der Waals surface area contributed by atoms with Gasteiger partial charge in [-0.3, -0.25) is 29.0 Å². The van der Waals surface area contributed by atoms with E-state index in [1.54, 1.807) is 130 Å². The molecule has 3 aromatic heterocycles. The van der Waals surface area contributed by atoms with E-state index in [-0.39, 0.29) is 106 Å². The topological polar surface area (TPSA) is 295 Å². The standard InChI is InChI=1S/C28H33FN4O5.C23H25FN4O3.C16H24FN3O2.C10H20N2O2.CH3.W/c1-17-14-20(29)15-30-24(17)33(21-8-7-13-32(16-21)26(36)37-27(2,3)4)25(35)19-11-9-18(10-12-19)22-23(34)28(5,6)38-31-22;1-14-11-17(24)12-26-21(14)28(18-5-4-10-25-13-18)22(30)16-8-6-15(7-9-16)19-20(29)23(2,3)31-27-19;1-11-8-12(17)9-18-14(11)19-13-6-5-7-20(10-13)15(21)22-16(2,3)4;1-10(2,3)14-9(13)12-6-4-5-8(11)7-12;;/h9-12,14-15,21H,7-8,13,16H2,1-6H3;6-9,11-12,18,25H,4-5,10,13H2,1-3H3;8-9,13H,5-7,10H2,1-4H3,(H,18,19);8H,4-7,11H2,1-3H3;1H3;/q;;;;-1;/t21-;18-;13-;8-;;/m1111../s1. The number of nitrogens with zero attached hydrogens (tertiary/aromatic N) is 10. The van der Waals surface area contributed by atoms with E-state index in [2.05, 4.69) is 35.9 Å². The van der Waals surface area contributed by atoms with Gasteiger partial charge in [0.25, 0.3) is 11.8 Å². The maximum atomic E-state index is 13.9. The minimum Gasteiger partial charge on any atom is -0.444 e. The molecule has 107 heavy (non-hydrogen) atoms. The molecule has 5 aromatic rings. The average molecular weight is 1660 g/mol. The molecule has 4 fully saturated rings. The van der Waals surface area contributed by atoms with Crippen LogP contribution < -0.4 is 26.2 Å². The van der Waals surface area contributed by atoms with Gasteiger partial charge >= 0.3 is 18.3 Å². The van der Waals surface area contributed by atoms with Crippen molar-refractivity contribution in [3.05, 3.63) is 149 Å². The van der Waals surface area contributed by atoms with Gasteiger partial charge in [0, 0.05) is 101 Å². The third kappa shape index (κ3) is 24.1. The molecule has 0 saturated carbocycles. The van der Waals surface area contributed by atoms with Crippen molar-refractivity contribution in [3.63, 3.8) is 0 Å². The number of carbonyl (C=O) groups excluding carboxylic acids is 7. The Hall–Kier alpha value is -8.88. The number of rotatable bonds is 10. The Morgan fingerprint density at radius 1 is 0.551 bits per heavy atom. The van der Waals surface area contributed by atoms with Crippen molar-refractivity contribution in [2.45, 2.75) is 214 Å². The van der Waals surface area contributed by atoms with Crippen LogP contribution >= 0.6 is 0 Å². The molecule has 4 N–H and O–H groups in total. The number of hydrogen-bond donors (Lipinski definition) is 3. The number of piperidine rings is 4. The summed E-state index contributed by atoms with van der Waals surface area (Å²) < 4.78 is 56.8. The molecular weight excluding hydrogens is 1550 g/mol. The maximum absolute atomic E-state index is 13.9. The van der Waals surface area contributed by atoms with E-state index in [0.29, 0.717) is 96.4 Å². The number of likely N-dealkylation sites (tertiary alicyclic amines) is 3. The molecule has 0 unspecified atom stereocenters. The van der Waals surface area contributed by atoms with Crippen molar-refractivity contribution in [1.82, 2.24) is 35.0 Å². The molecule has 0 spiro atoms. The SMILES string of the molecule is CC(C)(C)OC(=O)N1CCC[C@@H](N)C1.Cc1cc(F)cnc1N(C(=O)c1ccc(C2=NOC(C)(C)C2=O)cc1)[C@@H]1CCCN(C(=O)OC(C)(C)C)C1.Cc1cc(F)cnc1N(C(=O)c1ccc(C2=NOC(C)(C)C2=O)cc1)[C@@H]1CCCNC1.Cc1cc(F)cnc1N[C@@H]1CCCN(C(=O)OC(C)(C)C)C1.[CH3-].[W]. The number of amides is 5. The first-order chi connectivity index (χ1) is 49.2.